The first-order chi connectivity index (χ1) is 6.95. The summed E-state index contributed by atoms with van der Waals surface area (Å²) in [4.78, 5) is 0. The van der Waals surface area contributed by atoms with Gasteiger partial charge in [0, 0.05) is 10.8 Å². The predicted molar refractivity (Wildman–Crippen MR) is 55.9 cm³/mol. The van der Waals surface area contributed by atoms with Crippen LogP contribution in [0.2, 0.25) is 0 Å². The molecule has 0 aliphatic rings. The summed E-state index contributed by atoms with van der Waals surface area (Å²) < 4.78 is 0. The van der Waals surface area contributed by atoms with E-state index in [4.69, 9.17) is 0 Å². The molecule has 1 radical (unpaired) electrons. The summed E-state index contributed by atoms with van der Waals surface area (Å²) in [6.07, 6.45) is 1.71. The number of benzene rings is 2. The van der Waals surface area contributed by atoms with Crippen molar-refractivity contribution in [2.75, 3.05) is 0 Å². The average molecular weight is 179 g/mol. The van der Waals surface area contributed by atoms with Gasteiger partial charge in [-0.1, -0.05) is 24.3 Å². The Kier molecular flexibility index (Phi) is 1.47. The van der Waals surface area contributed by atoms with E-state index in [9.17, 15) is 0 Å². The third kappa shape index (κ3) is 0.973. The number of rotatable bonds is 0. The van der Waals surface area contributed by atoms with Gasteiger partial charge in [-0.25, -0.2) is 0 Å². The van der Waals surface area contributed by atoms with Crippen LogP contribution in [0.25, 0.3) is 21.7 Å². The molecule has 0 saturated carbocycles. The summed E-state index contributed by atoms with van der Waals surface area (Å²) >= 11 is 0. The molecular formula is C12H7N2. The first kappa shape index (κ1) is 7.44. The van der Waals surface area contributed by atoms with Crippen LogP contribution in [0.5, 0.6) is 0 Å². The normalized spacial score (nSPS) is 10.9. The van der Waals surface area contributed by atoms with Crippen LogP contribution in [-0.2, 0) is 0 Å². The molecule has 0 amide bonds. The Labute approximate surface area is 81.2 Å². The van der Waals surface area contributed by atoms with E-state index >= 15 is 0 Å². The average Bonchev–Trinajstić information content (AvgIpc) is 2.29. The maximum absolute atomic E-state index is 4.15. The van der Waals surface area contributed by atoms with E-state index in [2.05, 4.69) is 28.4 Å². The van der Waals surface area contributed by atoms with Crippen LogP contribution in [0, 0.1) is 6.07 Å². The topological polar surface area (TPSA) is 25.8 Å². The van der Waals surface area contributed by atoms with E-state index < -0.39 is 0 Å². The summed E-state index contributed by atoms with van der Waals surface area (Å²) in [5.74, 6) is 0. The minimum absolute atomic E-state index is 0.957. The van der Waals surface area contributed by atoms with Crippen LogP contribution in [0.15, 0.2) is 42.6 Å². The fourth-order valence-corrected chi connectivity index (χ4v) is 1.66. The second-order valence-electron chi connectivity index (χ2n) is 3.18. The Morgan fingerprint density at radius 1 is 1.00 bits per heavy atom. The van der Waals surface area contributed by atoms with E-state index in [0.717, 1.165) is 21.7 Å². The molecule has 0 aliphatic heterocycles. The Morgan fingerprint density at radius 3 is 2.93 bits per heavy atom. The highest BCUT2D eigenvalue weighted by molar-refractivity contribution is 6.04. The third-order valence-corrected chi connectivity index (χ3v) is 2.35. The maximum atomic E-state index is 4.15. The molecule has 3 aromatic rings. The summed E-state index contributed by atoms with van der Waals surface area (Å²) in [7, 11) is 0. The van der Waals surface area contributed by atoms with Crippen LogP contribution < -0.4 is 0 Å². The van der Waals surface area contributed by atoms with Crippen molar-refractivity contribution in [2.45, 2.75) is 0 Å². The molecule has 0 aliphatic carbocycles. The van der Waals surface area contributed by atoms with Crippen LogP contribution >= 0.6 is 0 Å². The molecule has 1 heterocycles. The van der Waals surface area contributed by atoms with Gasteiger partial charge in [0.2, 0.25) is 0 Å². The second-order valence-corrected chi connectivity index (χ2v) is 3.18. The Balaban J connectivity index is 2.61. The van der Waals surface area contributed by atoms with Gasteiger partial charge in [0.25, 0.3) is 0 Å². The van der Waals surface area contributed by atoms with Crippen molar-refractivity contribution < 1.29 is 0 Å². The van der Waals surface area contributed by atoms with Gasteiger partial charge in [0.1, 0.15) is 5.52 Å². The summed E-state index contributed by atoms with van der Waals surface area (Å²) in [6, 6.07) is 15.0. The van der Waals surface area contributed by atoms with Crippen molar-refractivity contribution in [2.24, 2.45) is 0 Å². The van der Waals surface area contributed by atoms with Gasteiger partial charge in [-0.15, -0.1) is 5.10 Å². The van der Waals surface area contributed by atoms with E-state index in [-0.39, 0.29) is 0 Å². The molecule has 3 rings (SSSR count). The van der Waals surface area contributed by atoms with Gasteiger partial charge in [0.05, 0.1) is 6.20 Å². The van der Waals surface area contributed by atoms with Gasteiger partial charge in [0.15, 0.2) is 0 Å². The molecule has 0 saturated heterocycles. The smallest absolute Gasteiger partial charge is 0.101 e. The number of nitrogens with zero attached hydrogens (tertiary/aromatic N) is 2. The highest BCUT2D eigenvalue weighted by atomic mass is 15.1. The number of aromatic nitrogens is 2. The zero-order chi connectivity index (χ0) is 9.38. The molecule has 65 valence electrons. The van der Waals surface area contributed by atoms with Gasteiger partial charge in [-0.05, 0) is 23.6 Å². The molecule has 14 heavy (non-hydrogen) atoms. The Morgan fingerprint density at radius 2 is 1.93 bits per heavy atom. The van der Waals surface area contributed by atoms with Crippen molar-refractivity contribution in [3.63, 3.8) is 0 Å². The molecule has 0 bridgehead atoms. The van der Waals surface area contributed by atoms with Crippen LogP contribution in [0.4, 0.5) is 0 Å². The minimum atomic E-state index is 0.957. The van der Waals surface area contributed by atoms with Crippen LogP contribution in [0.1, 0.15) is 0 Å². The number of hydrogen-bond donors (Lipinski definition) is 0. The molecule has 0 atom stereocenters. The van der Waals surface area contributed by atoms with Gasteiger partial charge in [-0.2, -0.15) is 5.10 Å². The molecular weight excluding hydrogens is 172 g/mol. The summed E-state index contributed by atoms with van der Waals surface area (Å²) in [6.45, 7) is 0. The SMILES string of the molecule is [c]1ccc2c(c1)ccc1ccnnc12. The van der Waals surface area contributed by atoms with E-state index in [1.54, 1.807) is 6.20 Å². The van der Waals surface area contributed by atoms with E-state index in [1.807, 2.05) is 24.3 Å². The highest BCUT2D eigenvalue weighted by Gasteiger charge is 1.99. The lowest BCUT2D eigenvalue weighted by atomic mass is 10.1. The van der Waals surface area contributed by atoms with Crippen molar-refractivity contribution in [1.29, 1.82) is 0 Å². The standard InChI is InChI=1S/C12H7N2/c1-2-4-11-9(3-1)5-6-10-7-8-13-14-12(10)11/h2-8H. The fraction of sp³-hybridized carbons (Fsp3) is 0. The zero-order valence-electron chi connectivity index (χ0n) is 7.44. The maximum Gasteiger partial charge on any atom is 0.101 e. The lowest BCUT2D eigenvalue weighted by Gasteiger charge is -2.00. The number of fused-ring (bicyclic) bond motifs is 3. The van der Waals surface area contributed by atoms with Gasteiger partial charge < -0.3 is 0 Å². The summed E-state index contributed by atoms with van der Waals surface area (Å²) in [5.41, 5.74) is 0.957. The third-order valence-electron chi connectivity index (χ3n) is 2.35. The minimum Gasteiger partial charge on any atom is -0.158 e. The van der Waals surface area contributed by atoms with Crippen LogP contribution in [0.3, 0.4) is 0 Å². The Bertz CT molecular complexity index is 547. The molecule has 2 heteroatoms. The predicted octanol–water partition coefficient (Wildman–Crippen LogP) is 2.58. The van der Waals surface area contributed by atoms with Crippen molar-refractivity contribution in [3.8, 4) is 0 Å². The van der Waals surface area contributed by atoms with Gasteiger partial charge in [-0.3, -0.25) is 0 Å². The Hall–Kier alpha value is -1.96. The first-order valence-electron chi connectivity index (χ1n) is 4.45. The number of hydrogen-bond acceptors (Lipinski definition) is 2. The molecule has 0 unspecified atom stereocenters. The second kappa shape index (κ2) is 2.77. The first-order valence-corrected chi connectivity index (χ1v) is 4.45. The van der Waals surface area contributed by atoms with Gasteiger partial charge >= 0.3 is 0 Å². The summed E-state index contributed by atoms with van der Waals surface area (Å²) in [5, 5.41) is 11.5. The van der Waals surface area contributed by atoms with E-state index in [0.29, 0.717) is 0 Å². The van der Waals surface area contributed by atoms with Crippen LogP contribution in [-0.4, -0.2) is 10.2 Å². The lowest BCUT2D eigenvalue weighted by molar-refractivity contribution is 1.08. The molecule has 0 spiro atoms. The van der Waals surface area contributed by atoms with Crippen molar-refractivity contribution in [3.05, 3.63) is 48.7 Å². The molecule has 1 aromatic heterocycles. The van der Waals surface area contributed by atoms with Crippen molar-refractivity contribution >= 4 is 21.7 Å². The lowest BCUT2D eigenvalue weighted by Crippen LogP contribution is -1.83. The zero-order valence-corrected chi connectivity index (χ0v) is 7.44. The molecule has 0 fully saturated rings. The molecule has 2 aromatic carbocycles. The fourth-order valence-electron chi connectivity index (χ4n) is 1.66. The molecule has 2 nitrogen and oxygen atoms in total. The van der Waals surface area contributed by atoms with Crippen molar-refractivity contribution in [1.82, 2.24) is 10.2 Å². The monoisotopic (exact) mass is 179 g/mol. The van der Waals surface area contributed by atoms with E-state index in [1.165, 1.54) is 0 Å². The highest BCUT2D eigenvalue weighted by Crippen LogP contribution is 2.21. The quantitative estimate of drug-likeness (QED) is 0.496. The largest absolute Gasteiger partial charge is 0.158 e. The molecule has 0 N–H and O–H groups in total.